The molecule has 1 N–H and O–H groups in total. The van der Waals surface area contributed by atoms with Gasteiger partial charge in [0.1, 0.15) is 0 Å². The van der Waals surface area contributed by atoms with E-state index < -0.39 is 10.0 Å². The van der Waals surface area contributed by atoms with Crippen molar-refractivity contribution < 1.29 is 13.2 Å². The normalized spacial score (nSPS) is 14.3. The minimum Gasteiger partial charge on any atom is -0.368 e. The predicted molar refractivity (Wildman–Crippen MR) is 133 cm³/mol. The summed E-state index contributed by atoms with van der Waals surface area (Å²) in [4.78, 5) is 17.3. The Labute approximate surface area is 203 Å². The van der Waals surface area contributed by atoms with Crippen LogP contribution in [0.15, 0.2) is 71.6 Å². The quantitative estimate of drug-likeness (QED) is 0.527. The van der Waals surface area contributed by atoms with Crippen LogP contribution in [0.2, 0.25) is 10.0 Å². The summed E-state index contributed by atoms with van der Waals surface area (Å²) in [5.41, 5.74) is 2.72. The number of piperazine rings is 1. The standard InChI is InChI=1S/C24H23Cl2N3O3S/c1-17-7-8-18(25)15-23(17)28-11-13-29(14-12-28)24(30)21-16-19(9-10-22(21)26)27-33(31,32)20-5-3-2-4-6-20/h2-10,15-16,27H,11-14H2,1H3. The highest BCUT2D eigenvalue weighted by atomic mass is 35.5. The van der Waals surface area contributed by atoms with Crippen LogP contribution in [0.3, 0.4) is 0 Å². The fourth-order valence-electron chi connectivity index (χ4n) is 3.81. The van der Waals surface area contributed by atoms with E-state index in [1.807, 2.05) is 25.1 Å². The zero-order valence-electron chi connectivity index (χ0n) is 18.0. The molecule has 0 saturated carbocycles. The maximum atomic E-state index is 13.2. The van der Waals surface area contributed by atoms with Crippen LogP contribution in [0.25, 0.3) is 0 Å². The Kier molecular flexibility index (Phi) is 6.83. The molecular weight excluding hydrogens is 481 g/mol. The molecule has 0 aliphatic carbocycles. The molecule has 3 aromatic rings. The van der Waals surface area contributed by atoms with Gasteiger partial charge in [-0.15, -0.1) is 0 Å². The molecule has 1 aliphatic heterocycles. The number of nitrogens with one attached hydrogen (secondary N) is 1. The van der Waals surface area contributed by atoms with E-state index >= 15 is 0 Å². The average molecular weight is 504 g/mol. The molecule has 0 radical (unpaired) electrons. The second-order valence-electron chi connectivity index (χ2n) is 7.82. The molecule has 0 atom stereocenters. The first-order valence-electron chi connectivity index (χ1n) is 10.4. The van der Waals surface area contributed by atoms with Gasteiger partial charge in [-0.3, -0.25) is 9.52 Å². The molecule has 33 heavy (non-hydrogen) atoms. The number of anilines is 2. The highest BCUT2D eigenvalue weighted by Gasteiger charge is 2.25. The molecule has 1 saturated heterocycles. The third-order valence-corrected chi connectivity index (χ3v) is 7.54. The summed E-state index contributed by atoms with van der Waals surface area (Å²) >= 11 is 12.5. The van der Waals surface area contributed by atoms with Crippen LogP contribution < -0.4 is 9.62 Å². The summed E-state index contributed by atoms with van der Waals surface area (Å²) in [5.74, 6) is -0.233. The summed E-state index contributed by atoms with van der Waals surface area (Å²) in [6.45, 7) is 4.38. The van der Waals surface area contributed by atoms with Crippen molar-refractivity contribution in [1.82, 2.24) is 4.90 Å². The second-order valence-corrected chi connectivity index (χ2v) is 10.3. The van der Waals surface area contributed by atoms with Crippen molar-refractivity contribution in [2.24, 2.45) is 0 Å². The molecule has 1 amide bonds. The first-order valence-corrected chi connectivity index (χ1v) is 12.7. The molecule has 3 aromatic carbocycles. The zero-order valence-corrected chi connectivity index (χ0v) is 20.3. The first kappa shape index (κ1) is 23.4. The van der Waals surface area contributed by atoms with Crippen molar-refractivity contribution in [2.45, 2.75) is 11.8 Å². The van der Waals surface area contributed by atoms with Gasteiger partial charge in [0.15, 0.2) is 0 Å². The molecule has 4 rings (SSSR count). The molecule has 0 bridgehead atoms. The van der Waals surface area contributed by atoms with Crippen LogP contribution >= 0.6 is 23.2 Å². The Balaban J connectivity index is 1.48. The molecule has 1 aliphatic rings. The van der Waals surface area contributed by atoms with Crippen molar-refractivity contribution in [1.29, 1.82) is 0 Å². The molecule has 9 heteroatoms. The average Bonchev–Trinajstić information content (AvgIpc) is 2.82. The molecule has 0 aromatic heterocycles. The Morgan fingerprint density at radius 2 is 1.61 bits per heavy atom. The predicted octanol–water partition coefficient (Wildman–Crippen LogP) is 5.07. The van der Waals surface area contributed by atoms with E-state index in [4.69, 9.17) is 23.2 Å². The first-order chi connectivity index (χ1) is 15.7. The van der Waals surface area contributed by atoms with E-state index in [1.165, 1.54) is 24.3 Å². The van der Waals surface area contributed by atoms with Crippen LogP contribution in [-0.2, 0) is 10.0 Å². The van der Waals surface area contributed by atoms with Crippen LogP contribution in [0.1, 0.15) is 15.9 Å². The Morgan fingerprint density at radius 1 is 0.909 bits per heavy atom. The molecule has 0 spiro atoms. The summed E-state index contributed by atoms with van der Waals surface area (Å²) in [6, 6.07) is 18.4. The van der Waals surface area contributed by atoms with Crippen molar-refractivity contribution in [3.63, 3.8) is 0 Å². The number of amides is 1. The Bertz CT molecular complexity index is 1280. The Hall–Kier alpha value is -2.74. The van der Waals surface area contributed by atoms with E-state index in [0.29, 0.717) is 31.2 Å². The number of nitrogens with zero attached hydrogens (tertiary/aromatic N) is 2. The minimum atomic E-state index is -3.77. The lowest BCUT2D eigenvalue weighted by Crippen LogP contribution is -2.49. The number of carbonyl (C=O) groups excluding carboxylic acids is 1. The molecule has 0 unspecified atom stereocenters. The summed E-state index contributed by atoms with van der Waals surface area (Å²) in [7, 11) is -3.77. The van der Waals surface area contributed by atoms with Crippen LogP contribution in [0.5, 0.6) is 0 Å². The van der Waals surface area contributed by atoms with Gasteiger partial charge in [0.2, 0.25) is 0 Å². The van der Waals surface area contributed by atoms with Gasteiger partial charge in [0, 0.05) is 42.6 Å². The third kappa shape index (κ3) is 5.27. The van der Waals surface area contributed by atoms with Gasteiger partial charge in [-0.2, -0.15) is 0 Å². The number of hydrogen-bond acceptors (Lipinski definition) is 4. The number of carbonyl (C=O) groups is 1. The van der Waals surface area contributed by atoms with Crippen LogP contribution in [0, 0.1) is 6.92 Å². The smallest absolute Gasteiger partial charge is 0.261 e. The van der Waals surface area contributed by atoms with Gasteiger partial charge >= 0.3 is 0 Å². The van der Waals surface area contributed by atoms with Gasteiger partial charge in [-0.05, 0) is 55.0 Å². The van der Waals surface area contributed by atoms with Gasteiger partial charge in [-0.25, -0.2) is 8.42 Å². The number of aryl methyl sites for hydroxylation is 1. The van der Waals surface area contributed by atoms with Crippen molar-refractivity contribution in [3.05, 3.63) is 87.9 Å². The Morgan fingerprint density at radius 3 is 2.30 bits per heavy atom. The molecule has 6 nitrogen and oxygen atoms in total. The highest BCUT2D eigenvalue weighted by Crippen LogP contribution is 2.27. The highest BCUT2D eigenvalue weighted by molar-refractivity contribution is 7.92. The van der Waals surface area contributed by atoms with E-state index in [1.54, 1.807) is 29.2 Å². The maximum Gasteiger partial charge on any atom is 0.261 e. The fraction of sp³-hybridized carbons (Fsp3) is 0.208. The summed E-state index contributed by atoms with van der Waals surface area (Å²) in [6.07, 6.45) is 0. The minimum absolute atomic E-state index is 0.139. The van der Waals surface area contributed by atoms with E-state index in [0.717, 1.165) is 11.3 Å². The lowest BCUT2D eigenvalue weighted by Gasteiger charge is -2.37. The fourth-order valence-corrected chi connectivity index (χ4v) is 5.25. The molecule has 1 fully saturated rings. The van der Waals surface area contributed by atoms with Crippen LogP contribution in [-0.4, -0.2) is 45.4 Å². The van der Waals surface area contributed by atoms with Gasteiger partial charge in [0.05, 0.1) is 15.5 Å². The lowest BCUT2D eigenvalue weighted by molar-refractivity contribution is 0.0747. The molecule has 1 heterocycles. The number of hydrogen-bond donors (Lipinski definition) is 1. The summed E-state index contributed by atoms with van der Waals surface area (Å²) < 4.78 is 27.8. The SMILES string of the molecule is Cc1ccc(Cl)cc1N1CCN(C(=O)c2cc(NS(=O)(=O)c3ccccc3)ccc2Cl)CC1. The maximum absolute atomic E-state index is 13.2. The number of rotatable bonds is 5. The number of benzene rings is 3. The largest absolute Gasteiger partial charge is 0.368 e. The molecule has 172 valence electrons. The topological polar surface area (TPSA) is 69.7 Å². The van der Waals surface area contributed by atoms with E-state index in [9.17, 15) is 13.2 Å². The second kappa shape index (κ2) is 9.63. The van der Waals surface area contributed by atoms with Crippen molar-refractivity contribution >= 4 is 50.5 Å². The van der Waals surface area contributed by atoms with Gasteiger partial charge < -0.3 is 9.80 Å². The number of halogens is 2. The third-order valence-electron chi connectivity index (χ3n) is 5.58. The zero-order chi connectivity index (χ0) is 23.6. The van der Waals surface area contributed by atoms with Crippen molar-refractivity contribution in [2.75, 3.05) is 35.8 Å². The molecular formula is C24H23Cl2N3O3S. The summed E-state index contributed by atoms with van der Waals surface area (Å²) in [5, 5.41) is 0.950. The van der Waals surface area contributed by atoms with Gasteiger partial charge in [-0.1, -0.05) is 47.5 Å². The van der Waals surface area contributed by atoms with E-state index in [2.05, 4.69) is 9.62 Å². The monoisotopic (exact) mass is 503 g/mol. The van der Waals surface area contributed by atoms with Gasteiger partial charge in [0.25, 0.3) is 15.9 Å². The van der Waals surface area contributed by atoms with Crippen LogP contribution in [0.4, 0.5) is 11.4 Å². The number of sulfonamides is 1. The lowest BCUT2D eigenvalue weighted by atomic mass is 10.1. The van der Waals surface area contributed by atoms with E-state index in [-0.39, 0.29) is 27.1 Å². The van der Waals surface area contributed by atoms with Crippen molar-refractivity contribution in [3.8, 4) is 0 Å².